The van der Waals surface area contributed by atoms with Crippen molar-refractivity contribution in [3.8, 4) is 41.2 Å². The lowest BCUT2D eigenvalue weighted by Crippen LogP contribution is -2.59. The second kappa shape index (κ2) is 12.2. The first-order chi connectivity index (χ1) is 23.4. The number of likely N-dealkylation sites (tertiary alicyclic amines) is 1. The smallest absolute Gasteiger partial charge is 0.471 e. The third-order valence-electron chi connectivity index (χ3n) is 9.69. The number of fused-ring (bicyclic) bond motifs is 4. The molecule has 3 fully saturated rings. The number of aromatic nitrogens is 3. The number of anilines is 1. The van der Waals surface area contributed by atoms with Gasteiger partial charge in [-0.2, -0.15) is 23.1 Å². The van der Waals surface area contributed by atoms with Gasteiger partial charge in [0.1, 0.15) is 40.6 Å². The number of carbonyl (C=O) groups excluding carboxylic acids is 1. The number of hydrogen-bond acceptors (Lipinski definition) is 9. The summed E-state index contributed by atoms with van der Waals surface area (Å²) in [6.07, 6.45) is 3.16. The molecule has 2 aromatic heterocycles. The molecule has 0 spiro atoms. The lowest BCUT2D eigenvalue weighted by molar-refractivity contribution is -0.188. The van der Waals surface area contributed by atoms with Crippen LogP contribution in [0.3, 0.4) is 0 Å². The number of terminal acetylenes is 1. The second-order valence-corrected chi connectivity index (χ2v) is 12.6. The van der Waals surface area contributed by atoms with Crippen LogP contribution < -0.4 is 14.4 Å². The summed E-state index contributed by atoms with van der Waals surface area (Å²) in [4.78, 5) is 30.5. The minimum Gasteiger partial charge on any atom is -0.508 e. The number of hydrogen-bond donors (Lipinski definition) is 1. The molecule has 15 heteroatoms. The summed E-state index contributed by atoms with van der Waals surface area (Å²) in [5.74, 6) is -1.58. The molecule has 3 aliphatic heterocycles. The Balaban J connectivity index is 1.41. The maximum Gasteiger partial charge on any atom is 0.471 e. The Hall–Kier alpha value is -4.97. The molecule has 0 aliphatic carbocycles. The van der Waals surface area contributed by atoms with Gasteiger partial charge in [0.15, 0.2) is 5.82 Å². The monoisotopic (exact) mass is 682 g/mol. The first-order valence-corrected chi connectivity index (χ1v) is 15.7. The molecule has 4 aromatic rings. The fraction of sp³-hybridized carbons (Fsp3) is 0.412. The highest BCUT2D eigenvalue weighted by Gasteiger charge is 2.52. The maximum absolute atomic E-state index is 17.0. The average molecular weight is 683 g/mol. The molecule has 3 saturated heterocycles. The van der Waals surface area contributed by atoms with Gasteiger partial charge in [-0.15, -0.1) is 6.42 Å². The number of rotatable bonds is 6. The van der Waals surface area contributed by atoms with Crippen LogP contribution in [-0.2, 0) is 4.79 Å². The minimum atomic E-state index is -5.02. The molecule has 2 aromatic carbocycles. The van der Waals surface area contributed by atoms with Gasteiger partial charge >= 0.3 is 18.1 Å². The van der Waals surface area contributed by atoms with Crippen LogP contribution in [0.25, 0.3) is 32.9 Å². The van der Waals surface area contributed by atoms with Gasteiger partial charge < -0.3 is 29.3 Å². The van der Waals surface area contributed by atoms with Crippen molar-refractivity contribution in [2.75, 3.05) is 45.3 Å². The zero-order valence-corrected chi connectivity index (χ0v) is 26.5. The van der Waals surface area contributed by atoms with E-state index in [9.17, 15) is 27.5 Å². The highest BCUT2D eigenvalue weighted by atomic mass is 19.4. The zero-order chi connectivity index (χ0) is 34.8. The first-order valence-electron chi connectivity index (χ1n) is 15.7. The summed E-state index contributed by atoms with van der Waals surface area (Å²) < 4.78 is 84.0. The molecule has 0 radical (unpaired) electrons. The number of carbonyl (C=O) groups is 1. The van der Waals surface area contributed by atoms with E-state index in [1.54, 1.807) is 4.90 Å². The van der Waals surface area contributed by atoms with Crippen LogP contribution in [0.4, 0.5) is 27.8 Å². The number of aromatic hydroxyl groups is 1. The molecule has 7 rings (SSSR count). The van der Waals surface area contributed by atoms with Crippen LogP contribution in [0.5, 0.6) is 17.6 Å². The Morgan fingerprint density at radius 2 is 1.82 bits per heavy atom. The van der Waals surface area contributed by atoms with Gasteiger partial charge in [-0.1, -0.05) is 12.0 Å². The van der Waals surface area contributed by atoms with E-state index in [0.29, 0.717) is 18.2 Å². The number of phenolic OH excluding ortho intramolecular Hbond substituents is 1. The summed E-state index contributed by atoms with van der Waals surface area (Å²) in [5.41, 5.74) is -0.813. The maximum atomic E-state index is 17.0. The molecule has 1 N–H and O–H groups in total. The number of amides is 1. The number of alkyl halides is 3. The largest absolute Gasteiger partial charge is 0.508 e. The summed E-state index contributed by atoms with van der Waals surface area (Å²) in [6, 6.07) is 3.45. The summed E-state index contributed by atoms with van der Waals surface area (Å²) in [5, 5.41) is 11.1. The highest BCUT2D eigenvalue weighted by Crippen LogP contribution is 2.43. The third-order valence-corrected chi connectivity index (χ3v) is 9.69. The van der Waals surface area contributed by atoms with Crippen molar-refractivity contribution in [1.29, 1.82) is 0 Å². The van der Waals surface area contributed by atoms with E-state index in [1.165, 1.54) is 25.3 Å². The number of phenols is 1. The molecule has 1 amide bonds. The van der Waals surface area contributed by atoms with Crippen LogP contribution in [0.15, 0.2) is 24.3 Å². The van der Waals surface area contributed by atoms with Crippen LogP contribution >= 0.6 is 0 Å². The molecule has 0 saturated carbocycles. The van der Waals surface area contributed by atoms with Crippen LogP contribution in [0.1, 0.15) is 31.2 Å². The van der Waals surface area contributed by atoms with Gasteiger partial charge in [0.25, 0.3) is 0 Å². The number of methoxy groups -OCH3 is 1. The fourth-order valence-electron chi connectivity index (χ4n) is 7.39. The zero-order valence-electron chi connectivity index (χ0n) is 26.5. The Morgan fingerprint density at radius 3 is 2.45 bits per heavy atom. The van der Waals surface area contributed by atoms with Gasteiger partial charge in [0.05, 0.1) is 24.8 Å². The number of likely N-dealkylation sites (N-methyl/N-ethyl adjacent to an activating group) is 1. The molecule has 2 unspecified atom stereocenters. The van der Waals surface area contributed by atoms with E-state index in [4.69, 9.17) is 15.9 Å². The SMILES string of the molecule is C#Cc1c(F)ccc2cc(O)cc(-c3nc(OC)c4c(N5CC6CCC(C5)N6C(=O)C(F)(F)F)nc(OC[C@@H]5CCCN5C)nc4c3F)c12. The predicted molar refractivity (Wildman–Crippen MR) is 169 cm³/mol. The van der Waals surface area contributed by atoms with Crippen LogP contribution in [-0.4, -0.2) is 100 Å². The average Bonchev–Trinajstić information content (AvgIpc) is 3.60. The van der Waals surface area contributed by atoms with Gasteiger partial charge in [0.2, 0.25) is 5.88 Å². The quantitative estimate of drug-likeness (QED) is 0.222. The van der Waals surface area contributed by atoms with Crippen molar-refractivity contribution < 1.29 is 41.3 Å². The van der Waals surface area contributed by atoms with Crippen molar-refractivity contribution >= 4 is 33.4 Å². The topological polar surface area (TPSA) is 104 Å². The first kappa shape index (κ1) is 32.6. The Morgan fingerprint density at radius 1 is 1.08 bits per heavy atom. The number of pyridine rings is 1. The van der Waals surface area contributed by atoms with E-state index >= 15 is 4.39 Å². The molecular formula is C34H31F5N6O4. The summed E-state index contributed by atoms with van der Waals surface area (Å²) in [6.45, 7) is 1.02. The van der Waals surface area contributed by atoms with Crippen molar-refractivity contribution in [2.45, 2.75) is 50.0 Å². The van der Waals surface area contributed by atoms with Crippen molar-refractivity contribution in [1.82, 2.24) is 24.8 Å². The summed E-state index contributed by atoms with van der Waals surface area (Å²) in [7, 11) is 3.25. The molecule has 3 atom stereocenters. The Labute approximate surface area is 277 Å². The fourth-order valence-corrected chi connectivity index (χ4v) is 7.39. The number of benzene rings is 2. The van der Waals surface area contributed by atoms with Gasteiger partial charge in [-0.25, -0.2) is 13.8 Å². The number of nitrogens with zero attached hydrogens (tertiary/aromatic N) is 6. The third kappa shape index (κ3) is 5.57. The van der Waals surface area contributed by atoms with Gasteiger partial charge in [0, 0.05) is 30.1 Å². The Kier molecular flexibility index (Phi) is 8.09. The number of piperazine rings is 1. The predicted octanol–water partition coefficient (Wildman–Crippen LogP) is 5.03. The second-order valence-electron chi connectivity index (χ2n) is 12.6. The van der Waals surface area contributed by atoms with Crippen molar-refractivity contribution in [3.63, 3.8) is 0 Å². The van der Waals surface area contributed by atoms with Crippen LogP contribution in [0, 0.1) is 24.0 Å². The molecular weight excluding hydrogens is 651 g/mol. The molecule has 256 valence electrons. The molecule has 3 aliphatic rings. The molecule has 10 nitrogen and oxygen atoms in total. The van der Waals surface area contributed by atoms with Gasteiger partial charge in [-0.05, 0) is 62.9 Å². The highest BCUT2D eigenvalue weighted by molar-refractivity contribution is 6.04. The van der Waals surface area contributed by atoms with E-state index in [2.05, 4.69) is 25.8 Å². The standard InChI is InChI=1S/C34H31F5N6O4/c1-4-22-24(35)10-7-17-12-21(46)13-23(25(17)22)28-27(36)29-26(31(40-28)48-3)30(42-33(41-29)49-16-20-6-5-11-43(20)2)44-14-18-8-9-19(15-44)45(18)32(47)34(37,38)39/h1,7,10,12-13,18-20,46H,5-6,8-9,11,14-16H2,2-3H3/t18?,19?,20-/m0/s1. The lowest BCUT2D eigenvalue weighted by Gasteiger charge is -2.42. The lowest BCUT2D eigenvalue weighted by atomic mass is 9.95. The molecule has 49 heavy (non-hydrogen) atoms. The van der Waals surface area contributed by atoms with E-state index in [-0.39, 0.29) is 82.3 Å². The van der Waals surface area contributed by atoms with Crippen LogP contribution in [0.2, 0.25) is 0 Å². The van der Waals surface area contributed by atoms with Crippen molar-refractivity contribution in [2.24, 2.45) is 0 Å². The number of ether oxygens (including phenoxy) is 2. The van der Waals surface area contributed by atoms with Gasteiger partial charge in [-0.3, -0.25) is 4.79 Å². The summed E-state index contributed by atoms with van der Waals surface area (Å²) >= 11 is 0. The molecule has 2 bridgehead atoms. The van der Waals surface area contributed by atoms with Crippen molar-refractivity contribution in [3.05, 3.63) is 41.5 Å². The normalized spacial score (nSPS) is 21.1. The van der Waals surface area contributed by atoms with E-state index in [1.807, 2.05) is 7.05 Å². The Bertz CT molecular complexity index is 2020. The van der Waals surface area contributed by atoms with E-state index < -0.39 is 35.8 Å². The number of halogens is 5. The minimum absolute atomic E-state index is 0.0207. The molecule has 5 heterocycles. The van der Waals surface area contributed by atoms with E-state index in [0.717, 1.165) is 30.4 Å².